The van der Waals surface area contributed by atoms with Crippen LogP contribution in [0.1, 0.15) is 28.4 Å². The first-order valence-corrected chi connectivity index (χ1v) is 8.83. The van der Waals surface area contributed by atoms with E-state index in [0.717, 1.165) is 12.0 Å². The van der Waals surface area contributed by atoms with Crippen LogP contribution >= 0.6 is 0 Å². The molecule has 0 radical (unpaired) electrons. The molecular formula is C22H27NO3. The maximum atomic E-state index is 13.0. The SMILES string of the molecule is C=CCc1cc(C(=O)N(CC)CCc2ccccc2)cc(OC)c1OC. The van der Waals surface area contributed by atoms with Gasteiger partial charge < -0.3 is 14.4 Å². The average Bonchev–Trinajstić information content (AvgIpc) is 2.68. The summed E-state index contributed by atoms with van der Waals surface area (Å²) in [5, 5.41) is 0. The number of allylic oxidation sites excluding steroid dienone is 1. The lowest BCUT2D eigenvalue weighted by molar-refractivity contribution is 0.0765. The Hall–Kier alpha value is -2.75. The van der Waals surface area contributed by atoms with Crippen LogP contribution in [0.4, 0.5) is 0 Å². The van der Waals surface area contributed by atoms with Gasteiger partial charge in [-0.1, -0.05) is 36.4 Å². The number of benzene rings is 2. The average molecular weight is 353 g/mol. The van der Waals surface area contributed by atoms with Gasteiger partial charge in [-0.25, -0.2) is 0 Å². The number of methoxy groups -OCH3 is 2. The normalized spacial score (nSPS) is 10.3. The Morgan fingerprint density at radius 1 is 1.15 bits per heavy atom. The molecule has 0 atom stereocenters. The van der Waals surface area contributed by atoms with Gasteiger partial charge in [0, 0.05) is 24.2 Å². The molecule has 0 N–H and O–H groups in total. The minimum Gasteiger partial charge on any atom is -0.493 e. The molecule has 0 bridgehead atoms. The van der Waals surface area contributed by atoms with Gasteiger partial charge in [0.05, 0.1) is 14.2 Å². The van der Waals surface area contributed by atoms with E-state index in [1.54, 1.807) is 26.4 Å². The zero-order chi connectivity index (χ0) is 18.9. The molecule has 0 fully saturated rings. The van der Waals surface area contributed by atoms with Crippen LogP contribution in [0.3, 0.4) is 0 Å². The molecule has 2 aromatic carbocycles. The summed E-state index contributed by atoms with van der Waals surface area (Å²) in [6, 6.07) is 13.8. The summed E-state index contributed by atoms with van der Waals surface area (Å²) < 4.78 is 10.9. The van der Waals surface area contributed by atoms with Crippen LogP contribution in [0.2, 0.25) is 0 Å². The van der Waals surface area contributed by atoms with Crippen molar-refractivity contribution in [3.8, 4) is 11.5 Å². The lowest BCUT2D eigenvalue weighted by atomic mass is 10.0. The highest BCUT2D eigenvalue weighted by molar-refractivity contribution is 5.95. The molecule has 26 heavy (non-hydrogen) atoms. The van der Waals surface area contributed by atoms with Gasteiger partial charge in [-0.05, 0) is 37.5 Å². The van der Waals surface area contributed by atoms with Crippen molar-refractivity contribution >= 4 is 5.91 Å². The van der Waals surface area contributed by atoms with Crippen LogP contribution in [0.25, 0.3) is 0 Å². The molecule has 0 heterocycles. The van der Waals surface area contributed by atoms with Crippen LogP contribution in [0.5, 0.6) is 11.5 Å². The standard InChI is InChI=1S/C22H27NO3/c1-5-10-18-15-19(16-20(25-3)21(18)26-4)22(24)23(6-2)14-13-17-11-8-7-9-12-17/h5,7-9,11-12,15-16H,1,6,10,13-14H2,2-4H3. The van der Waals surface area contributed by atoms with Gasteiger partial charge in [-0.15, -0.1) is 6.58 Å². The fraction of sp³-hybridized carbons (Fsp3) is 0.318. The minimum absolute atomic E-state index is 0.00491. The number of rotatable bonds is 9. The number of hydrogen-bond donors (Lipinski definition) is 0. The first kappa shape index (κ1) is 19.6. The maximum absolute atomic E-state index is 13.0. The van der Waals surface area contributed by atoms with Crippen molar-refractivity contribution in [1.82, 2.24) is 4.90 Å². The van der Waals surface area contributed by atoms with E-state index in [4.69, 9.17) is 9.47 Å². The Morgan fingerprint density at radius 3 is 2.46 bits per heavy atom. The van der Waals surface area contributed by atoms with Crippen molar-refractivity contribution in [1.29, 1.82) is 0 Å². The number of ether oxygens (including phenoxy) is 2. The molecule has 0 saturated carbocycles. The molecule has 2 rings (SSSR count). The summed E-state index contributed by atoms with van der Waals surface area (Å²) >= 11 is 0. The van der Waals surface area contributed by atoms with E-state index in [0.29, 0.717) is 36.6 Å². The Bertz CT molecular complexity index is 741. The van der Waals surface area contributed by atoms with E-state index in [1.807, 2.05) is 36.1 Å². The van der Waals surface area contributed by atoms with Crippen LogP contribution < -0.4 is 9.47 Å². The smallest absolute Gasteiger partial charge is 0.254 e. The molecule has 0 saturated heterocycles. The van der Waals surface area contributed by atoms with E-state index in [2.05, 4.69) is 18.7 Å². The summed E-state index contributed by atoms with van der Waals surface area (Å²) in [6.45, 7) is 7.10. The Balaban J connectivity index is 2.25. The predicted molar refractivity (Wildman–Crippen MR) is 105 cm³/mol. The second-order valence-electron chi connectivity index (χ2n) is 5.98. The second kappa shape index (κ2) is 9.66. The Morgan fingerprint density at radius 2 is 1.88 bits per heavy atom. The molecule has 138 valence electrons. The molecule has 0 aromatic heterocycles. The summed E-state index contributed by atoms with van der Waals surface area (Å²) in [4.78, 5) is 14.9. The van der Waals surface area contributed by atoms with Crippen LogP contribution in [-0.4, -0.2) is 38.1 Å². The number of hydrogen-bond acceptors (Lipinski definition) is 3. The van der Waals surface area contributed by atoms with Gasteiger partial charge in [-0.2, -0.15) is 0 Å². The number of carbonyl (C=O) groups is 1. The predicted octanol–water partition coefficient (Wildman–Crippen LogP) is 4.14. The van der Waals surface area contributed by atoms with Crippen molar-refractivity contribution < 1.29 is 14.3 Å². The highest BCUT2D eigenvalue weighted by atomic mass is 16.5. The lowest BCUT2D eigenvalue weighted by Gasteiger charge is -2.22. The summed E-state index contributed by atoms with van der Waals surface area (Å²) in [7, 11) is 3.18. The van der Waals surface area contributed by atoms with E-state index < -0.39 is 0 Å². The summed E-state index contributed by atoms with van der Waals surface area (Å²) in [5.74, 6) is 1.21. The van der Waals surface area contributed by atoms with Gasteiger partial charge in [0.2, 0.25) is 0 Å². The number of likely N-dealkylation sites (N-methyl/N-ethyl adjacent to an activating group) is 1. The third-order valence-electron chi connectivity index (χ3n) is 4.35. The largest absolute Gasteiger partial charge is 0.493 e. The summed E-state index contributed by atoms with van der Waals surface area (Å²) in [6.07, 6.45) is 3.22. The Labute approximate surface area is 156 Å². The highest BCUT2D eigenvalue weighted by Crippen LogP contribution is 2.33. The molecule has 0 aliphatic heterocycles. The van der Waals surface area contributed by atoms with Crippen LogP contribution in [0, 0.1) is 0 Å². The molecule has 1 amide bonds. The minimum atomic E-state index is -0.00491. The molecule has 4 nitrogen and oxygen atoms in total. The van der Waals surface area contributed by atoms with E-state index in [1.165, 1.54) is 5.56 Å². The van der Waals surface area contributed by atoms with Gasteiger partial charge in [0.15, 0.2) is 11.5 Å². The monoisotopic (exact) mass is 353 g/mol. The van der Waals surface area contributed by atoms with Crippen LogP contribution in [-0.2, 0) is 12.8 Å². The first-order chi connectivity index (χ1) is 12.6. The lowest BCUT2D eigenvalue weighted by Crippen LogP contribution is -2.32. The van der Waals surface area contributed by atoms with Crippen molar-refractivity contribution in [3.05, 3.63) is 71.8 Å². The number of amides is 1. The fourth-order valence-corrected chi connectivity index (χ4v) is 2.97. The van der Waals surface area contributed by atoms with E-state index in [-0.39, 0.29) is 5.91 Å². The second-order valence-corrected chi connectivity index (χ2v) is 5.98. The van der Waals surface area contributed by atoms with Crippen molar-refractivity contribution in [2.24, 2.45) is 0 Å². The third-order valence-corrected chi connectivity index (χ3v) is 4.35. The fourth-order valence-electron chi connectivity index (χ4n) is 2.97. The number of nitrogens with zero attached hydrogens (tertiary/aromatic N) is 1. The summed E-state index contributed by atoms with van der Waals surface area (Å²) in [5.41, 5.74) is 2.72. The highest BCUT2D eigenvalue weighted by Gasteiger charge is 2.19. The Kier molecular flexibility index (Phi) is 7.27. The molecule has 0 aliphatic rings. The third kappa shape index (κ3) is 4.66. The van der Waals surface area contributed by atoms with Gasteiger partial charge in [0.1, 0.15) is 0 Å². The zero-order valence-corrected chi connectivity index (χ0v) is 15.8. The van der Waals surface area contributed by atoms with Crippen molar-refractivity contribution in [2.45, 2.75) is 19.8 Å². The first-order valence-electron chi connectivity index (χ1n) is 8.83. The molecule has 0 aliphatic carbocycles. The van der Waals surface area contributed by atoms with E-state index in [9.17, 15) is 4.79 Å². The van der Waals surface area contributed by atoms with Crippen molar-refractivity contribution in [2.75, 3.05) is 27.3 Å². The van der Waals surface area contributed by atoms with Gasteiger partial charge >= 0.3 is 0 Å². The van der Waals surface area contributed by atoms with Gasteiger partial charge in [0.25, 0.3) is 5.91 Å². The van der Waals surface area contributed by atoms with E-state index >= 15 is 0 Å². The molecule has 4 heteroatoms. The molecule has 0 spiro atoms. The topological polar surface area (TPSA) is 38.8 Å². The van der Waals surface area contributed by atoms with Crippen LogP contribution in [0.15, 0.2) is 55.1 Å². The van der Waals surface area contributed by atoms with Gasteiger partial charge in [-0.3, -0.25) is 4.79 Å². The van der Waals surface area contributed by atoms with Crippen molar-refractivity contribution in [3.63, 3.8) is 0 Å². The number of carbonyl (C=O) groups excluding carboxylic acids is 1. The molecule has 0 unspecified atom stereocenters. The molecule has 2 aromatic rings. The zero-order valence-electron chi connectivity index (χ0n) is 15.8. The maximum Gasteiger partial charge on any atom is 0.254 e. The molecular weight excluding hydrogens is 326 g/mol. The quantitative estimate of drug-likeness (QED) is 0.636.